The van der Waals surface area contributed by atoms with Crippen LogP contribution in [0.15, 0.2) is 6.07 Å². The first kappa shape index (κ1) is 13.5. The van der Waals surface area contributed by atoms with Crippen LogP contribution >= 0.6 is 34.2 Å². The van der Waals surface area contributed by atoms with Gasteiger partial charge in [0.25, 0.3) is 5.24 Å². The molecule has 1 aromatic heterocycles. The lowest BCUT2D eigenvalue weighted by molar-refractivity contribution is -0.276. The Hall–Kier alpha value is -0.570. The molecule has 1 rings (SSSR count). The maximum Gasteiger partial charge on any atom is 0.574 e. The molecule has 0 amide bonds. The molecule has 0 aliphatic carbocycles. The second kappa shape index (κ2) is 4.74. The minimum Gasteiger partial charge on any atom is -0.388 e. The summed E-state index contributed by atoms with van der Waals surface area (Å²) in [6, 6.07) is 1.01. The van der Waals surface area contributed by atoms with Gasteiger partial charge >= 0.3 is 6.36 Å². The van der Waals surface area contributed by atoms with Crippen LogP contribution in [0.5, 0.6) is 5.88 Å². The maximum absolute atomic E-state index is 11.9. The van der Waals surface area contributed by atoms with E-state index in [1.807, 2.05) is 0 Å². The van der Waals surface area contributed by atoms with Gasteiger partial charge in [0.2, 0.25) is 5.88 Å². The normalized spacial score (nSPS) is 11.4. The number of nitrogens with zero attached hydrogens (tertiary/aromatic N) is 1. The van der Waals surface area contributed by atoms with E-state index in [0.29, 0.717) is 0 Å². The lowest BCUT2D eigenvalue weighted by atomic mass is 10.2. The summed E-state index contributed by atoms with van der Waals surface area (Å²) in [5, 5.41) is -0.770. The topological polar surface area (TPSA) is 39.2 Å². The fourth-order valence-electron chi connectivity index (χ4n) is 1.01. The Bertz CT molecular complexity index is 413. The Morgan fingerprint density at radius 1 is 1.56 bits per heavy atom. The molecule has 3 nitrogen and oxygen atoms in total. The quantitative estimate of drug-likeness (QED) is 0.459. The lowest BCUT2D eigenvalue weighted by Gasteiger charge is -2.10. The first-order chi connectivity index (χ1) is 7.20. The first-order valence-corrected chi connectivity index (χ1v) is 5.29. The predicted molar refractivity (Wildman–Crippen MR) is 58.6 cm³/mol. The maximum atomic E-state index is 11.9. The monoisotopic (exact) mass is 365 g/mol. The molecule has 0 bridgehead atoms. The van der Waals surface area contributed by atoms with Crippen molar-refractivity contribution in [2.45, 2.75) is 13.3 Å². The zero-order chi connectivity index (χ0) is 12.5. The van der Waals surface area contributed by atoms with Crippen molar-refractivity contribution in [1.29, 1.82) is 0 Å². The second-order valence-corrected chi connectivity index (χ2v) is 4.13. The zero-order valence-corrected chi connectivity index (χ0v) is 10.6. The molecule has 0 spiro atoms. The average Bonchev–Trinajstić information content (AvgIpc) is 1.96. The largest absolute Gasteiger partial charge is 0.574 e. The molecule has 8 heteroatoms. The standard InChI is InChI=1S/C8H4ClF3INO2/c1-3-2-4(16-8(10,11)12)14-7(13)5(3)6(9)15/h2H,1H3. The number of alkyl halides is 3. The Morgan fingerprint density at radius 3 is 2.50 bits per heavy atom. The van der Waals surface area contributed by atoms with Crippen molar-refractivity contribution in [2.75, 3.05) is 0 Å². The van der Waals surface area contributed by atoms with Crippen molar-refractivity contribution < 1.29 is 22.7 Å². The molecule has 0 aromatic carbocycles. The molecule has 0 aliphatic heterocycles. The molecule has 88 valence electrons. The van der Waals surface area contributed by atoms with Gasteiger partial charge in [-0.2, -0.15) is 0 Å². The predicted octanol–water partition coefficient (Wildman–Crippen LogP) is 3.27. The van der Waals surface area contributed by atoms with Crippen LogP contribution in [0.2, 0.25) is 0 Å². The van der Waals surface area contributed by atoms with E-state index in [0.717, 1.165) is 6.07 Å². The number of aromatic nitrogens is 1. The Balaban J connectivity index is 3.15. The number of aryl methyl sites for hydroxylation is 1. The molecule has 0 unspecified atom stereocenters. The summed E-state index contributed by atoms with van der Waals surface area (Å²) < 4.78 is 39.4. The van der Waals surface area contributed by atoms with Crippen molar-refractivity contribution in [3.8, 4) is 5.88 Å². The number of halogens is 5. The molecule has 0 radical (unpaired) electrons. The van der Waals surface area contributed by atoms with Crippen molar-refractivity contribution in [2.24, 2.45) is 0 Å². The number of carbonyl (C=O) groups is 1. The van der Waals surface area contributed by atoms with E-state index >= 15 is 0 Å². The van der Waals surface area contributed by atoms with Gasteiger partial charge in [0.1, 0.15) is 3.70 Å². The van der Waals surface area contributed by atoms with Crippen LogP contribution in [0.3, 0.4) is 0 Å². The Labute approximate surface area is 107 Å². The molecule has 0 atom stereocenters. The van der Waals surface area contributed by atoms with Crippen LogP contribution in [-0.4, -0.2) is 16.6 Å². The van der Waals surface area contributed by atoms with E-state index < -0.39 is 17.5 Å². The first-order valence-electron chi connectivity index (χ1n) is 3.83. The number of carbonyl (C=O) groups excluding carboxylic acids is 1. The van der Waals surface area contributed by atoms with Gasteiger partial charge in [-0.1, -0.05) is 0 Å². The molecular weight excluding hydrogens is 361 g/mol. The third-order valence-electron chi connectivity index (χ3n) is 1.57. The summed E-state index contributed by atoms with van der Waals surface area (Å²) in [4.78, 5) is 14.4. The second-order valence-electron chi connectivity index (χ2n) is 2.76. The average molecular weight is 365 g/mol. The van der Waals surface area contributed by atoms with Gasteiger partial charge < -0.3 is 4.74 Å². The lowest BCUT2D eigenvalue weighted by Crippen LogP contribution is -2.18. The summed E-state index contributed by atoms with van der Waals surface area (Å²) in [5.74, 6) is -0.615. The minimum absolute atomic E-state index is 0.0665. The molecule has 0 N–H and O–H groups in total. The highest BCUT2D eigenvalue weighted by Crippen LogP contribution is 2.26. The van der Waals surface area contributed by atoms with E-state index in [1.165, 1.54) is 6.92 Å². The Kier molecular flexibility index (Phi) is 4.00. The summed E-state index contributed by atoms with van der Waals surface area (Å²) in [6.07, 6.45) is -4.81. The van der Waals surface area contributed by atoms with Crippen LogP contribution in [0, 0.1) is 10.6 Å². The SMILES string of the molecule is Cc1cc(OC(F)(F)F)nc(I)c1C(=O)Cl. The van der Waals surface area contributed by atoms with Crippen molar-refractivity contribution in [3.05, 3.63) is 20.9 Å². The van der Waals surface area contributed by atoms with Crippen LogP contribution in [0.25, 0.3) is 0 Å². The molecular formula is C8H4ClF3INO2. The summed E-state index contributed by atoms with van der Waals surface area (Å²) in [7, 11) is 0. The molecule has 0 saturated heterocycles. The van der Waals surface area contributed by atoms with Gasteiger partial charge in [0.15, 0.2) is 0 Å². The molecule has 0 aliphatic rings. The van der Waals surface area contributed by atoms with Crippen molar-refractivity contribution in [1.82, 2.24) is 4.98 Å². The van der Waals surface area contributed by atoms with Gasteiger partial charge in [-0.15, -0.1) is 13.2 Å². The van der Waals surface area contributed by atoms with Crippen LogP contribution in [0.1, 0.15) is 15.9 Å². The summed E-state index contributed by atoms with van der Waals surface area (Å²) in [5.41, 5.74) is 0.357. The number of pyridine rings is 1. The zero-order valence-electron chi connectivity index (χ0n) is 7.73. The van der Waals surface area contributed by atoms with E-state index in [9.17, 15) is 18.0 Å². The van der Waals surface area contributed by atoms with Crippen molar-refractivity contribution in [3.63, 3.8) is 0 Å². The molecule has 0 fully saturated rings. The van der Waals surface area contributed by atoms with Crippen LogP contribution in [-0.2, 0) is 0 Å². The highest BCUT2D eigenvalue weighted by atomic mass is 127. The highest BCUT2D eigenvalue weighted by Gasteiger charge is 2.32. The highest BCUT2D eigenvalue weighted by molar-refractivity contribution is 14.1. The fourth-order valence-corrected chi connectivity index (χ4v) is 2.32. The van der Waals surface area contributed by atoms with Gasteiger partial charge in [-0.25, -0.2) is 4.98 Å². The third-order valence-corrected chi connectivity index (χ3v) is 2.54. The van der Waals surface area contributed by atoms with Gasteiger partial charge in [-0.3, -0.25) is 4.79 Å². The molecule has 16 heavy (non-hydrogen) atoms. The van der Waals surface area contributed by atoms with Gasteiger partial charge in [0, 0.05) is 6.07 Å². The Morgan fingerprint density at radius 2 is 2.12 bits per heavy atom. The number of hydrogen-bond donors (Lipinski definition) is 0. The molecule has 1 aromatic rings. The summed E-state index contributed by atoms with van der Waals surface area (Å²) >= 11 is 6.87. The summed E-state index contributed by atoms with van der Waals surface area (Å²) in [6.45, 7) is 1.45. The molecule has 1 heterocycles. The smallest absolute Gasteiger partial charge is 0.388 e. The third kappa shape index (κ3) is 3.48. The molecule has 0 saturated carbocycles. The minimum atomic E-state index is -4.81. The van der Waals surface area contributed by atoms with E-state index in [2.05, 4.69) is 9.72 Å². The number of ether oxygens (including phenoxy) is 1. The van der Waals surface area contributed by atoms with E-state index in [4.69, 9.17) is 11.6 Å². The van der Waals surface area contributed by atoms with E-state index in [1.54, 1.807) is 22.6 Å². The van der Waals surface area contributed by atoms with Crippen molar-refractivity contribution >= 4 is 39.4 Å². The van der Waals surface area contributed by atoms with Gasteiger partial charge in [-0.05, 0) is 46.7 Å². The van der Waals surface area contributed by atoms with Crippen LogP contribution in [0.4, 0.5) is 13.2 Å². The van der Waals surface area contributed by atoms with Gasteiger partial charge in [0.05, 0.1) is 5.56 Å². The number of hydrogen-bond acceptors (Lipinski definition) is 3. The fraction of sp³-hybridized carbons (Fsp3) is 0.250. The van der Waals surface area contributed by atoms with Crippen LogP contribution < -0.4 is 4.74 Å². The number of rotatable bonds is 2. The van der Waals surface area contributed by atoms with E-state index in [-0.39, 0.29) is 14.8 Å².